The number of rotatable bonds is 4. The number of hydrogen-bond donors (Lipinski definition) is 1. The fraction of sp³-hybridized carbons (Fsp3) is 0.312. The summed E-state index contributed by atoms with van der Waals surface area (Å²) in [6, 6.07) is 5.52. The molecular weight excluding hydrogens is 348 g/mol. The Labute approximate surface area is 148 Å². The van der Waals surface area contributed by atoms with Gasteiger partial charge in [0.25, 0.3) is 0 Å². The third kappa shape index (κ3) is 2.89. The van der Waals surface area contributed by atoms with Crippen molar-refractivity contribution in [3.63, 3.8) is 0 Å². The Hall–Kier alpha value is -2.74. The summed E-state index contributed by atoms with van der Waals surface area (Å²) in [7, 11) is 0. The molecule has 1 aromatic carbocycles. The second-order valence-corrected chi connectivity index (χ2v) is 5.98. The molecule has 0 unspecified atom stereocenters. The summed E-state index contributed by atoms with van der Waals surface area (Å²) in [5, 5.41) is 2.62. The van der Waals surface area contributed by atoms with Crippen LogP contribution in [0.25, 0.3) is 5.69 Å². The second-order valence-electron chi connectivity index (χ2n) is 5.71. The summed E-state index contributed by atoms with van der Waals surface area (Å²) >= 11 is 5.44. The van der Waals surface area contributed by atoms with E-state index in [9.17, 15) is 9.59 Å². The fourth-order valence-corrected chi connectivity index (χ4v) is 3.00. The monoisotopic (exact) mass is 362 g/mol. The van der Waals surface area contributed by atoms with Crippen LogP contribution < -0.4 is 15.0 Å². The lowest BCUT2D eigenvalue weighted by Crippen LogP contribution is -2.35. The molecule has 0 radical (unpaired) electrons. The van der Waals surface area contributed by atoms with Gasteiger partial charge in [-0.1, -0.05) is 0 Å². The largest absolute Gasteiger partial charge is 0.483 e. The van der Waals surface area contributed by atoms with E-state index in [0.717, 1.165) is 11.5 Å². The molecule has 2 aliphatic heterocycles. The third-order valence-corrected chi connectivity index (χ3v) is 4.35. The number of imidazole rings is 1. The number of anilines is 1. The summed E-state index contributed by atoms with van der Waals surface area (Å²) in [6.45, 7) is 0.950. The van der Waals surface area contributed by atoms with Crippen molar-refractivity contribution in [1.82, 2.24) is 14.9 Å². The van der Waals surface area contributed by atoms with Gasteiger partial charge < -0.3 is 14.8 Å². The second kappa shape index (κ2) is 6.29. The van der Waals surface area contributed by atoms with E-state index in [1.54, 1.807) is 12.3 Å². The van der Waals surface area contributed by atoms with Gasteiger partial charge in [0.05, 0.1) is 24.5 Å². The Kier molecular flexibility index (Phi) is 3.96. The van der Waals surface area contributed by atoms with Gasteiger partial charge in [0.1, 0.15) is 24.3 Å². The van der Waals surface area contributed by atoms with Gasteiger partial charge in [0, 0.05) is 18.5 Å². The van der Waals surface area contributed by atoms with E-state index in [4.69, 9.17) is 21.1 Å². The summed E-state index contributed by atoms with van der Waals surface area (Å²) in [5.74, 6) is 1.09. The third-order valence-electron chi connectivity index (χ3n) is 4.11. The Bertz CT molecular complexity index is 837. The number of carbonyl (C=O) groups excluding carboxylic acids is 2. The normalized spacial score (nSPS) is 18.2. The maximum absolute atomic E-state index is 12.1. The van der Waals surface area contributed by atoms with Crippen molar-refractivity contribution < 1.29 is 19.1 Å². The van der Waals surface area contributed by atoms with Crippen LogP contribution in [0.15, 0.2) is 30.6 Å². The van der Waals surface area contributed by atoms with Crippen molar-refractivity contribution in [3.8, 4) is 11.4 Å². The first-order valence-corrected chi connectivity index (χ1v) is 8.29. The van der Waals surface area contributed by atoms with E-state index in [1.807, 2.05) is 22.9 Å². The van der Waals surface area contributed by atoms with Crippen LogP contribution in [0, 0.1) is 0 Å². The van der Waals surface area contributed by atoms with Crippen LogP contribution in [0.5, 0.6) is 5.75 Å². The predicted molar refractivity (Wildman–Crippen MR) is 89.2 cm³/mol. The lowest BCUT2D eigenvalue weighted by atomic mass is 10.2. The van der Waals surface area contributed by atoms with Gasteiger partial charge in [-0.3, -0.25) is 14.3 Å². The zero-order chi connectivity index (χ0) is 17.4. The molecule has 25 heavy (non-hydrogen) atoms. The van der Waals surface area contributed by atoms with E-state index in [0.29, 0.717) is 24.6 Å². The highest BCUT2D eigenvalue weighted by atomic mass is 35.5. The molecule has 2 aromatic rings. The molecule has 1 fully saturated rings. The van der Waals surface area contributed by atoms with Crippen LogP contribution in [0.1, 0.15) is 5.82 Å². The number of fused-ring (bicyclic) bond motifs is 3. The Morgan fingerprint density at radius 3 is 3.16 bits per heavy atom. The molecule has 1 saturated heterocycles. The lowest BCUT2D eigenvalue weighted by Gasteiger charge is -2.22. The van der Waals surface area contributed by atoms with Crippen LogP contribution >= 0.6 is 11.6 Å². The quantitative estimate of drug-likeness (QED) is 0.832. The van der Waals surface area contributed by atoms with E-state index in [-0.39, 0.29) is 18.3 Å². The first-order chi connectivity index (χ1) is 12.2. The Morgan fingerprint density at radius 2 is 2.32 bits per heavy atom. The van der Waals surface area contributed by atoms with Crippen LogP contribution in [-0.4, -0.2) is 46.6 Å². The van der Waals surface area contributed by atoms with E-state index in [1.165, 1.54) is 4.90 Å². The Balaban J connectivity index is 1.51. The molecule has 2 amide bonds. The smallest absolute Gasteiger partial charge is 0.414 e. The average molecular weight is 363 g/mol. The molecule has 0 aliphatic carbocycles. The van der Waals surface area contributed by atoms with Gasteiger partial charge in [0.15, 0.2) is 5.82 Å². The number of carbonyl (C=O) groups is 2. The molecule has 1 N–H and O–H groups in total. The molecule has 9 heteroatoms. The van der Waals surface area contributed by atoms with Crippen LogP contribution in [0.3, 0.4) is 0 Å². The number of aromatic nitrogens is 2. The number of amides is 2. The van der Waals surface area contributed by atoms with Gasteiger partial charge in [-0.25, -0.2) is 9.78 Å². The Morgan fingerprint density at radius 1 is 1.44 bits per heavy atom. The molecule has 3 heterocycles. The standard InChI is InChI=1S/C16H15ClN4O4/c17-6-15(22)19-7-11-8-21(16(23)25-11)10-1-2-12-13(5-10)24-9-14-18-3-4-20(12)14/h1-5,11H,6-9H2,(H,19,22)/t11-/m0/s1. The van der Waals surface area contributed by atoms with Crippen molar-refractivity contribution in [3.05, 3.63) is 36.4 Å². The molecule has 4 rings (SSSR count). The highest BCUT2D eigenvalue weighted by molar-refractivity contribution is 6.27. The van der Waals surface area contributed by atoms with Crippen molar-refractivity contribution >= 4 is 29.3 Å². The highest BCUT2D eigenvalue weighted by Gasteiger charge is 2.33. The summed E-state index contributed by atoms with van der Waals surface area (Å²) in [5.41, 5.74) is 1.56. The SMILES string of the molecule is O=C(CCl)NC[C@H]1CN(c2ccc3c(c2)OCc2nccn2-3)C(=O)O1. The molecule has 0 bridgehead atoms. The predicted octanol–water partition coefficient (Wildman–Crippen LogP) is 1.44. The van der Waals surface area contributed by atoms with E-state index < -0.39 is 12.2 Å². The number of nitrogens with one attached hydrogen (secondary N) is 1. The molecule has 1 atom stereocenters. The summed E-state index contributed by atoms with van der Waals surface area (Å²) < 4.78 is 13.0. The van der Waals surface area contributed by atoms with Crippen LogP contribution in [0.2, 0.25) is 0 Å². The maximum Gasteiger partial charge on any atom is 0.414 e. The molecule has 130 valence electrons. The fourth-order valence-electron chi connectivity index (χ4n) is 2.90. The van der Waals surface area contributed by atoms with Crippen molar-refractivity contribution in [2.45, 2.75) is 12.7 Å². The molecule has 1 aromatic heterocycles. The van der Waals surface area contributed by atoms with E-state index in [2.05, 4.69) is 10.3 Å². The number of benzene rings is 1. The number of cyclic esters (lactones) is 1. The molecule has 0 saturated carbocycles. The first kappa shape index (κ1) is 15.8. The maximum atomic E-state index is 12.1. The number of nitrogens with zero attached hydrogens (tertiary/aromatic N) is 3. The first-order valence-electron chi connectivity index (χ1n) is 7.76. The van der Waals surface area contributed by atoms with Gasteiger partial charge >= 0.3 is 6.09 Å². The number of halogens is 1. The lowest BCUT2D eigenvalue weighted by molar-refractivity contribution is -0.119. The highest BCUT2D eigenvalue weighted by Crippen LogP contribution is 2.34. The average Bonchev–Trinajstić information content (AvgIpc) is 3.25. The number of hydrogen-bond acceptors (Lipinski definition) is 5. The van der Waals surface area contributed by atoms with Gasteiger partial charge in [0.2, 0.25) is 5.91 Å². The van der Waals surface area contributed by atoms with Crippen LogP contribution in [-0.2, 0) is 16.1 Å². The molecular formula is C16H15ClN4O4. The number of ether oxygens (including phenoxy) is 2. The number of alkyl halides is 1. The summed E-state index contributed by atoms with van der Waals surface area (Å²) in [6.07, 6.45) is 2.72. The molecule has 8 nitrogen and oxygen atoms in total. The minimum Gasteiger partial charge on any atom is -0.483 e. The van der Waals surface area contributed by atoms with E-state index >= 15 is 0 Å². The van der Waals surface area contributed by atoms with Crippen molar-refractivity contribution in [2.75, 3.05) is 23.9 Å². The molecule has 2 aliphatic rings. The van der Waals surface area contributed by atoms with Gasteiger partial charge in [-0.05, 0) is 12.1 Å². The topological polar surface area (TPSA) is 85.7 Å². The van der Waals surface area contributed by atoms with Crippen LogP contribution in [0.4, 0.5) is 10.5 Å². The minimum atomic E-state index is -0.454. The molecule has 0 spiro atoms. The van der Waals surface area contributed by atoms with Gasteiger partial charge in [-0.2, -0.15) is 0 Å². The summed E-state index contributed by atoms with van der Waals surface area (Å²) in [4.78, 5) is 29.1. The van der Waals surface area contributed by atoms with Gasteiger partial charge in [-0.15, -0.1) is 11.6 Å². The zero-order valence-corrected chi connectivity index (χ0v) is 13.9. The van der Waals surface area contributed by atoms with Crippen molar-refractivity contribution in [2.24, 2.45) is 0 Å². The minimum absolute atomic E-state index is 0.122. The zero-order valence-electron chi connectivity index (χ0n) is 13.1. The van der Waals surface area contributed by atoms with Crippen molar-refractivity contribution in [1.29, 1.82) is 0 Å².